The van der Waals surface area contributed by atoms with Gasteiger partial charge in [-0.25, -0.2) is 4.39 Å². The number of aliphatic hydroxyl groups is 1. The van der Waals surface area contributed by atoms with Crippen molar-refractivity contribution in [2.75, 3.05) is 0 Å². The van der Waals surface area contributed by atoms with Crippen LogP contribution < -0.4 is 0 Å². The fraction of sp³-hybridized carbons (Fsp3) is 0.200. The molecule has 0 aliphatic rings. The van der Waals surface area contributed by atoms with Crippen molar-refractivity contribution in [1.82, 2.24) is 0 Å². The second kappa shape index (κ2) is 4.53. The second-order valence-corrected chi connectivity index (χ2v) is 3.20. The van der Waals surface area contributed by atoms with Gasteiger partial charge in [0.2, 0.25) is 5.29 Å². The molecule has 14 heavy (non-hydrogen) atoms. The van der Waals surface area contributed by atoms with E-state index in [9.17, 15) is 8.78 Å². The van der Waals surface area contributed by atoms with Crippen LogP contribution >= 0.6 is 11.6 Å². The fourth-order valence-electron chi connectivity index (χ4n) is 1.02. The monoisotopic (exact) mass is 218 g/mol. The van der Waals surface area contributed by atoms with Gasteiger partial charge in [-0.1, -0.05) is 24.3 Å². The van der Waals surface area contributed by atoms with Crippen molar-refractivity contribution in [2.24, 2.45) is 0 Å². The van der Waals surface area contributed by atoms with E-state index in [4.69, 9.17) is 16.7 Å². The third kappa shape index (κ3) is 2.53. The van der Waals surface area contributed by atoms with Gasteiger partial charge in [-0.05, 0) is 24.1 Å². The second-order valence-electron chi connectivity index (χ2n) is 2.87. The van der Waals surface area contributed by atoms with Crippen LogP contribution in [0.1, 0.15) is 24.2 Å². The van der Waals surface area contributed by atoms with Gasteiger partial charge in [-0.3, -0.25) is 0 Å². The van der Waals surface area contributed by atoms with E-state index in [2.05, 4.69) is 0 Å². The molecule has 0 radical (unpaired) electrons. The molecule has 4 heteroatoms. The van der Waals surface area contributed by atoms with Crippen molar-refractivity contribution in [3.8, 4) is 0 Å². The first kappa shape index (κ1) is 11.1. The molecule has 0 aliphatic heterocycles. The summed E-state index contributed by atoms with van der Waals surface area (Å²) in [6.07, 6.45) is -0.628. The lowest BCUT2D eigenvalue weighted by atomic mass is 10.1. The number of benzene rings is 1. The minimum absolute atomic E-state index is 0.0573. The van der Waals surface area contributed by atoms with Gasteiger partial charge in [0.1, 0.15) is 0 Å². The zero-order chi connectivity index (χ0) is 10.7. The molecule has 0 saturated carbocycles. The third-order valence-electron chi connectivity index (χ3n) is 1.81. The first-order valence-corrected chi connectivity index (χ1v) is 4.39. The summed E-state index contributed by atoms with van der Waals surface area (Å²) in [5, 5.41) is 7.79. The molecule has 0 fully saturated rings. The summed E-state index contributed by atoms with van der Waals surface area (Å²) in [6.45, 7) is 1.59. The molecule has 1 atom stereocenters. The quantitative estimate of drug-likeness (QED) is 0.805. The first-order valence-electron chi connectivity index (χ1n) is 4.01. The molecule has 0 amide bonds. The lowest BCUT2D eigenvalue weighted by molar-refractivity contribution is 0.199. The van der Waals surface area contributed by atoms with Crippen molar-refractivity contribution >= 4 is 17.4 Å². The summed E-state index contributed by atoms with van der Waals surface area (Å²) in [5.41, 5.74) is 0.693. The van der Waals surface area contributed by atoms with E-state index in [1.165, 1.54) is 24.3 Å². The van der Waals surface area contributed by atoms with Crippen LogP contribution in [-0.4, -0.2) is 5.11 Å². The van der Waals surface area contributed by atoms with Crippen LogP contribution in [0, 0.1) is 0 Å². The van der Waals surface area contributed by atoms with E-state index in [0.29, 0.717) is 5.56 Å². The van der Waals surface area contributed by atoms with E-state index in [1.807, 2.05) is 0 Å². The molecule has 0 spiro atoms. The molecule has 0 aliphatic carbocycles. The summed E-state index contributed by atoms with van der Waals surface area (Å²) in [4.78, 5) is 0. The predicted octanol–water partition coefficient (Wildman–Crippen LogP) is 3.54. The van der Waals surface area contributed by atoms with E-state index in [-0.39, 0.29) is 5.56 Å². The van der Waals surface area contributed by atoms with E-state index in [0.717, 1.165) is 0 Å². The Morgan fingerprint density at radius 1 is 1.29 bits per heavy atom. The summed E-state index contributed by atoms with van der Waals surface area (Å²) in [6, 6.07) is 5.75. The molecular weight excluding hydrogens is 210 g/mol. The highest BCUT2D eigenvalue weighted by Gasteiger charge is 2.07. The lowest BCUT2D eigenvalue weighted by Gasteiger charge is -2.04. The van der Waals surface area contributed by atoms with Crippen LogP contribution in [0.4, 0.5) is 8.78 Å². The van der Waals surface area contributed by atoms with Gasteiger partial charge in [0.05, 0.1) is 6.10 Å². The normalized spacial score (nSPS) is 14.9. The molecule has 1 rings (SSSR count). The van der Waals surface area contributed by atoms with Gasteiger partial charge in [0.15, 0.2) is 5.83 Å². The van der Waals surface area contributed by atoms with Crippen molar-refractivity contribution < 1.29 is 13.9 Å². The van der Waals surface area contributed by atoms with Crippen LogP contribution in [0.25, 0.3) is 5.83 Å². The zero-order valence-corrected chi connectivity index (χ0v) is 8.22. The minimum Gasteiger partial charge on any atom is -0.389 e. The van der Waals surface area contributed by atoms with E-state index < -0.39 is 17.2 Å². The highest BCUT2D eigenvalue weighted by Crippen LogP contribution is 2.24. The fourth-order valence-corrected chi connectivity index (χ4v) is 1.13. The third-order valence-corrected chi connectivity index (χ3v) is 1.98. The molecule has 1 aromatic rings. The Balaban J connectivity index is 3.00. The van der Waals surface area contributed by atoms with Gasteiger partial charge in [-0.15, -0.1) is 0 Å². The molecule has 1 unspecified atom stereocenters. The molecule has 0 saturated heterocycles. The number of rotatable bonds is 2. The van der Waals surface area contributed by atoms with Gasteiger partial charge in [0, 0.05) is 5.56 Å². The number of aliphatic hydroxyl groups excluding tert-OH is 1. The van der Waals surface area contributed by atoms with Gasteiger partial charge >= 0.3 is 0 Å². The Morgan fingerprint density at radius 3 is 2.14 bits per heavy atom. The number of halogens is 3. The Labute approximate surface area is 85.6 Å². The Bertz CT molecular complexity index is 340. The summed E-state index contributed by atoms with van der Waals surface area (Å²) in [7, 11) is 0. The molecule has 76 valence electrons. The van der Waals surface area contributed by atoms with E-state index in [1.54, 1.807) is 6.92 Å². The summed E-state index contributed by atoms with van der Waals surface area (Å²) < 4.78 is 25.2. The maximum absolute atomic E-state index is 12.9. The van der Waals surface area contributed by atoms with Crippen LogP contribution in [0.2, 0.25) is 0 Å². The van der Waals surface area contributed by atoms with Gasteiger partial charge < -0.3 is 5.11 Å². The standard InChI is InChI=1S/C10H9ClF2O/c1-6(14)7-2-4-8(5-3-7)9(12)10(11)13/h2-6,14H,1H3/b10-9+. The zero-order valence-electron chi connectivity index (χ0n) is 7.47. The first-order chi connectivity index (χ1) is 6.52. The SMILES string of the molecule is CC(O)c1ccc(/C(F)=C(\F)Cl)cc1. The smallest absolute Gasteiger partial charge is 0.225 e. The van der Waals surface area contributed by atoms with Crippen LogP contribution in [-0.2, 0) is 0 Å². The topological polar surface area (TPSA) is 20.2 Å². The average molecular weight is 219 g/mol. The van der Waals surface area contributed by atoms with Crippen molar-refractivity contribution in [2.45, 2.75) is 13.0 Å². The van der Waals surface area contributed by atoms with Crippen LogP contribution in [0.15, 0.2) is 29.6 Å². The molecule has 1 nitrogen and oxygen atoms in total. The number of hydrogen-bond acceptors (Lipinski definition) is 1. The van der Waals surface area contributed by atoms with Crippen molar-refractivity contribution in [1.29, 1.82) is 0 Å². The largest absolute Gasteiger partial charge is 0.389 e. The highest BCUT2D eigenvalue weighted by molar-refractivity contribution is 6.30. The lowest BCUT2D eigenvalue weighted by Crippen LogP contribution is -1.90. The molecule has 0 heterocycles. The van der Waals surface area contributed by atoms with Crippen molar-refractivity contribution in [3.63, 3.8) is 0 Å². The molecular formula is C10H9ClF2O. The number of hydrogen-bond donors (Lipinski definition) is 1. The summed E-state index contributed by atoms with van der Waals surface area (Å²) >= 11 is 4.85. The maximum atomic E-state index is 12.9. The van der Waals surface area contributed by atoms with Crippen LogP contribution in [0.3, 0.4) is 0 Å². The van der Waals surface area contributed by atoms with Crippen molar-refractivity contribution in [3.05, 3.63) is 40.7 Å². The Morgan fingerprint density at radius 2 is 1.79 bits per heavy atom. The Kier molecular flexibility index (Phi) is 3.61. The van der Waals surface area contributed by atoms with Crippen LogP contribution in [0.5, 0.6) is 0 Å². The maximum Gasteiger partial charge on any atom is 0.225 e. The molecule has 0 bridgehead atoms. The van der Waals surface area contributed by atoms with Gasteiger partial charge in [0.25, 0.3) is 0 Å². The molecule has 0 aromatic heterocycles. The molecule has 1 N–H and O–H groups in total. The Hall–Kier alpha value is -0.930. The van der Waals surface area contributed by atoms with Gasteiger partial charge in [-0.2, -0.15) is 4.39 Å². The average Bonchev–Trinajstić information content (AvgIpc) is 2.16. The predicted molar refractivity (Wildman–Crippen MR) is 52.1 cm³/mol. The molecule has 1 aromatic carbocycles. The minimum atomic E-state index is -1.37. The highest BCUT2D eigenvalue weighted by atomic mass is 35.5. The van der Waals surface area contributed by atoms with E-state index >= 15 is 0 Å². The summed E-state index contributed by atoms with van der Waals surface area (Å²) in [5.74, 6) is -1.09.